The van der Waals surface area contributed by atoms with Gasteiger partial charge in [0.25, 0.3) is 0 Å². The molecule has 0 bridgehead atoms. The van der Waals surface area contributed by atoms with Crippen molar-refractivity contribution in [2.75, 3.05) is 26.7 Å². The predicted octanol–water partition coefficient (Wildman–Crippen LogP) is 2.54. The van der Waals surface area contributed by atoms with Gasteiger partial charge in [0.2, 0.25) is 5.91 Å². The van der Waals surface area contributed by atoms with E-state index in [1.54, 1.807) is 0 Å². The van der Waals surface area contributed by atoms with Crippen molar-refractivity contribution in [2.24, 2.45) is 0 Å². The van der Waals surface area contributed by atoms with Crippen LogP contribution in [0.25, 0.3) is 10.9 Å². The van der Waals surface area contributed by atoms with E-state index in [-0.39, 0.29) is 17.5 Å². The maximum atomic E-state index is 13.8. The molecule has 1 aromatic heterocycles. The highest BCUT2D eigenvalue weighted by atomic mass is 35.5. The van der Waals surface area contributed by atoms with Crippen LogP contribution in [-0.2, 0) is 11.3 Å². The molecule has 0 saturated carbocycles. The Bertz CT molecular complexity index is 816. The summed E-state index contributed by atoms with van der Waals surface area (Å²) < 4.78 is 52.4. The second-order valence-corrected chi connectivity index (χ2v) is 6.40. The number of nitrogens with zero attached hydrogens (tertiary/aromatic N) is 3. The summed E-state index contributed by atoms with van der Waals surface area (Å²) in [5.74, 6) is -1.34. The lowest BCUT2D eigenvalue weighted by molar-refractivity contribution is -0.158. The fourth-order valence-electron chi connectivity index (χ4n) is 2.73. The molecule has 0 atom stereocenters. The lowest BCUT2D eigenvalue weighted by Gasteiger charge is -2.25. The van der Waals surface area contributed by atoms with Crippen molar-refractivity contribution < 1.29 is 22.4 Å². The lowest BCUT2D eigenvalue weighted by atomic mass is 9.96. The number of benzene rings is 1. The Balaban J connectivity index is 1.94. The third kappa shape index (κ3) is 3.57. The molecule has 0 spiro atoms. The number of hydrogen-bond donors (Lipinski definition) is 1. The van der Waals surface area contributed by atoms with Gasteiger partial charge in [-0.3, -0.25) is 9.48 Å². The Kier molecular flexibility index (Phi) is 4.63. The summed E-state index contributed by atoms with van der Waals surface area (Å²) in [5, 5.41) is 7.70. The van der Waals surface area contributed by atoms with Gasteiger partial charge in [-0.2, -0.15) is 18.3 Å². The number of aromatic nitrogens is 2. The molecule has 1 aromatic carbocycles. The van der Waals surface area contributed by atoms with E-state index in [0.717, 1.165) is 13.1 Å². The smallest absolute Gasteiger partial charge is 0.335 e. The van der Waals surface area contributed by atoms with Crippen LogP contribution in [0, 0.1) is 5.82 Å². The van der Waals surface area contributed by atoms with Crippen LogP contribution in [0.4, 0.5) is 17.6 Å². The zero-order valence-electron chi connectivity index (χ0n) is 13.2. The van der Waals surface area contributed by atoms with E-state index < -0.39 is 24.4 Å². The van der Waals surface area contributed by atoms with Gasteiger partial charge in [-0.15, -0.1) is 0 Å². The van der Waals surface area contributed by atoms with Crippen LogP contribution < -0.4 is 5.32 Å². The number of amides is 1. The minimum Gasteiger partial charge on any atom is -0.335 e. The highest BCUT2D eigenvalue weighted by Gasteiger charge is 2.32. The predicted molar refractivity (Wildman–Crippen MR) is 84.0 cm³/mol. The molecule has 25 heavy (non-hydrogen) atoms. The fraction of sp³-hybridized carbons (Fsp3) is 0.467. The normalized spacial score (nSPS) is 15.4. The molecule has 0 radical (unpaired) electrons. The molecule has 1 saturated heterocycles. The fourth-order valence-corrected chi connectivity index (χ4v) is 2.98. The molecule has 5 nitrogen and oxygen atoms in total. The van der Waals surface area contributed by atoms with Gasteiger partial charge in [-0.1, -0.05) is 11.6 Å². The van der Waals surface area contributed by atoms with E-state index in [9.17, 15) is 22.4 Å². The molecule has 2 heterocycles. The Morgan fingerprint density at radius 1 is 1.44 bits per heavy atom. The monoisotopic (exact) mass is 378 g/mol. The maximum absolute atomic E-state index is 13.8. The number of carbonyl (C=O) groups excluding carboxylic acids is 1. The van der Waals surface area contributed by atoms with Crippen molar-refractivity contribution in [3.63, 3.8) is 0 Å². The zero-order chi connectivity index (χ0) is 18.4. The van der Waals surface area contributed by atoms with E-state index in [1.165, 1.54) is 10.7 Å². The van der Waals surface area contributed by atoms with E-state index in [1.807, 2.05) is 0 Å². The summed E-state index contributed by atoms with van der Waals surface area (Å²) in [6.07, 6.45) is -4.48. The van der Waals surface area contributed by atoms with Crippen molar-refractivity contribution in [1.29, 1.82) is 0 Å². The van der Waals surface area contributed by atoms with E-state index in [2.05, 4.69) is 10.4 Å². The van der Waals surface area contributed by atoms with Gasteiger partial charge in [0.15, 0.2) is 0 Å². The first-order valence-electron chi connectivity index (χ1n) is 7.53. The molecule has 1 aliphatic heterocycles. The molecule has 136 valence electrons. The van der Waals surface area contributed by atoms with Crippen LogP contribution in [-0.4, -0.2) is 53.4 Å². The van der Waals surface area contributed by atoms with E-state index in [0.29, 0.717) is 34.6 Å². The topological polar surface area (TPSA) is 50.2 Å². The lowest BCUT2D eigenvalue weighted by Crippen LogP contribution is -2.40. The standard InChI is InChI=1S/C15H15ClF4N4O/c1-23(7-15(18,19)20)11(25)6-24-10-3-2-9(17)13(16)12(10)14(22-24)8-4-21-5-8/h2-3,8,21H,4-7H2,1H3. The molecule has 0 aliphatic carbocycles. The molecular weight excluding hydrogens is 364 g/mol. The van der Waals surface area contributed by atoms with Gasteiger partial charge in [0.05, 0.1) is 16.2 Å². The van der Waals surface area contributed by atoms with Crippen LogP contribution >= 0.6 is 11.6 Å². The Labute approximate surface area is 145 Å². The molecule has 1 N–H and O–H groups in total. The number of hydrogen-bond acceptors (Lipinski definition) is 3. The number of halogens is 5. The summed E-state index contributed by atoms with van der Waals surface area (Å²) >= 11 is 6.06. The van der Waals surface area contributed by atoms with Gasteiger partial charge < -0.3 is 10.2 Å². The summed E-state index contributed by atoms with van der Waals surface area (Å²) in [6, 6.07) is 2.58. The first-order valence-corrected chi connectivity index (χ1v) is 7.91. The van der Waals surface area contributed by atoms with Gasteiger partial charge in [-0.05, 0) is 12.1 Å². The summed E-state index contributed by atoms with van der Waals surface area (Å²) in [5.41, 5.74) is 0.964. The van der Waals surface area contributed by atoms with E-state index in [4.69, 9.17) is 11.6 Å². The molecule has 3 rings (SSSR count). The van der Waals surface area contributed by atoms with Gasteiger partial charge in [0.1, 0.15) is 18.9 Å². The number of nitrogens with one attached hydrogen (secondary N) is 1. The number of carbonyl (C=O) groups is 1. The van der Waals surface area contributed by atoms with Crippen molar-refractivity contribution >= 4 is 28.4 Å². The maximum Gasteiger partial charge on any atom is 0.406 e. The first-order chi connectivity index (χ1) is 11.7. The molecule has 0 unspecified atom stereocenters. The average Bonchev–Trinajstić information content (AvgIpc) is 2.78. The van der Waals surface area contributed by atoms with Gasteiger partial charge in [0, 0.05) is 31.4 Å². The minimum absolute atomic E-state index is 0.0195. The molecule has 1 aliphatic rings. The SMILES string of the molecule is CN(CC(F)(F)F)C(=O)Cn1nc(C2CNC2)c2c(Cl)c(F)ccc21. The molecule has 2 aromatic rings. The third-order valence-corrected chi connectivity index (χ3v) is 4.50. The van der Waals surface area contributed by atoms with Crippen LogP contribution in [0.1, 0.15) is 11.6 Å². The summed E-state index contributed by atoms with van der Waals surface area (Å²) in [4.78, 5) is 12.7. The van der Waals surface area contributed by atoms with Gasteiger partial charge in [-0.25, -0.2) is 4.39 Å². The highest BCUT2D eigenvalue weighted by molar-refractivity contribution is 6.35. The summed E-state index contributed by atoms with van der Waals surface area (Å²) in [7, 11) is 1.07. The zero-order valence-corrected chi connectivity index (χ0v) is 14.0. The summed E-state index contributed by atoms with van der Waals surface area (Å²) in [6.45, 7) is -0.452. The first kappa shape index (κ1) is 17.9. The second kappa shape index (κ2) is 6.45. The van der Waals surface area contributed by atoms with Crippen LogP contribution in [0.5, 0.6) is 0 Å². The molecular formula is C15H15ClF4N4O. The van der Waals surface area contributed by atoms with Crippen LogP contribution in [0.3, 0.4) is 0 Å². The van der Waals surface area contributed by atoms with Crippen molar-refractivity contribution in [1.82, 2.24) is 20.0 Å². The Hall–Kier alpha value is -1.87. The highest BCUT2D eigenvalue weighted by Crippen LogP contribution is 2.34. The molecule has 1 fully saturated rings. The largest absolute Gasteiger partial charge is 0.406 e. The van der Waals surface area contributed by atoms with E-state index >= 15 is 0 Å². The molecule has 1 amide bonds. The van der Waals surface area contributed by atoms with Crippen molar-refractivity contribution in [3.8, 4) is 0 Å². The third-order valence-electron chi connectivity index (χ3n) is 4.13. The number of rotatable bonds is 4. The Morgan fingerprint density at radius 2 is 2.12 bits per heavy atom. The number of likely N-dealkylation sites (N-methyl/N-ethyl adjacent to an activating group) is 1. The van der Waals surface area contributed by atoms with Crippen molar-refractivity contribution in [3.05, 3.63) is 28.7 Å². The quantitative estimate of drug-likeness (QED) is 0.832. The van der Waals surface area contributed by atoms with Crippen LogP contribution in [0.2, 0.25) is 5.02 Å². The number of alkyl halides is 3. The van der Waals surface area contributed by atoms with Crippen molar-refractivity contribution in [2.45, 2.75) is 18.6 Å². The second-order valence-electron chi connectivity index (χ2n) is 6.02. The average molecular weight is 379 g/mol. The number of fused-ring (bicyclic) bond motifs is 1. The minimum atomic E-state index is -4.48. The van der Waals surface area contributed by atoms with Gasteiger partial charge >= 0.3 is 6.18 Å². The Morgan fingerprint density at radius 3 is 2.68 bits per heavy atom. The molecule has 10 heteroatoms. The van der Waals surface area contributed by atoms with Crippen LogP contribution in [0.15, 0.2) is 12.1 Å².